The smallest absolute Gasteiger partial charge is 0.127 e. The summed E-state index contributed by atoms with van der Waals surface area (Å²) in [5.41, 5.74) is 4.78. The number of hydrogen-bond donors (Lipinski definition) is 2. The minimum atomic E-state index is -0.134. The number of rotatable bonds is 5. The fraction of sp³-hybridized carbons (Fsp3) is 0.333. The van der Waals surface area contributed by atoms with E-state index in [0.29, 0.717) is 6.54 Å². The van der Waals surface area contributed by atoms with Crippen molar-refractivity contribution in [1.29, 1.82) is 0 Å². The highest BCUT2D eigenvalue weighted by atomic mass is 19.1. The molecule has 0 spiro atoms. The first kappa shape index (κ1) is 14.1. The Bertz CT molecular complexity index is 610. The minimum absolute atomic E-state index is 0.134. The van der Waals surface area contributed by atoms with Gasteiger partial charge in [0, 0.05) is 24.3 Å². The molecule has 1 aliphatic heterocycles. The summed E-state index contributed by atoms with van der Waals surface area (Å²) in [6, 6.07) is 13.6. The molecule has 3 heteroatoms. The third-order valence-corrected chi connectivity index (χ3v) is 3.97. The van der Waals surface area contributed by atoms with Gasteiger partial charge in [-0.05, 0) is 49.1 Å². The van der Waals surface area contributed by atoms with Gasteiger partial charge in [0.25, 0.3) is 0 Å². The molecule has 2 N–H and O–H groups in total. The number of benzene rings is 2. The number of anilines is 1. The van der Waals surface area contributed by atoms with Crippen LogP contribution in [0.15, 0.2) is 42.5 Å². The van der Waals surface area contributed by atoms with Crippen LogP contribution in [-0.2, 0) is 19.4 Å². The first-order valence-electron chi connectivity index (χ1n) is 7.63. The van der Waals surface area contributed by atoms with Crippen LogP contribution in [0, 0.1) is 5.82 Å². The van der Waals surface area contributed by atoms with E-state index in [2.05, 4.69) is 28.8 Å². The van der Waals surface area contributed by atoms with Gasteiger partial charge in [-0.1, -0.05) is 30.3 Å². The Balaban J connectivity index is 1.50. The van der Waals surface area contributed by atoms with E-state index >= 15 is 0 Å². The zero-order valence-corrected chi connectivity index (χ0v) is 12.2. The molecule has 3 rings (SSSR count). The van der Waals surface area contributed by atoms with Gasteiger partial charge in [-0.25, -0.2) is 4.39 Å². The summed E-state index contributed by atoms with van der Waals surface area (Å²) in [6.45, 7) is 2.52. The van der Waals surface area contributed by atoms with Crippen molar-refractivity contribution < 1.29 is 4.39 Å². The maximum absolute atomic E-state index is 13.5. The summed E-state index contributed by atoms with van der Waals surface area (Å²) in [4.78, 5) is 0. The molecule has 0 aromatic heterocycles. The predicted octanol–water partition coefficient (Wildman–Crippen LogP) is 3.52. The molecule has 0 bridgehead atoms. The van der Waals surface area contributed by atoms with E-state index in [1.807, 2.05) is 12.1 Å². The van der Waals surface area contributed by atoms with Crippen LogP contribution in [0.5, 0.6) is 0 Å². The summed E-state index contributed by atoms with van der Waals surface area (Å²) >= 11 is 0. The van der Waals surface area contributed by atoms with E-state index < -0.39 is 0 Å². The van der Waals surface area contributed by atoms with Crippen molar-refractivity contribution in [2.24, 2.45) is 0 Å². The number of aryl methyl sites for hydroxylation is 1. The Kier molecular flexibility index (Phi) is 4.51. The lowest BCUT2D eigenvalue weighted by atomic mass is 9.99. The third-order valence-electron chi connectivity index (χ3n) is 3.97. The number of halogens is 1. The predicted molar refractivity (Wildman–Crippen MR) is 85.1 cm³/mol. The van der Waals surface area contributed by atoms with Crippen molar-refractivity contribution in [3.63, 3.8) is 0 Å². The van der Waals surface area contributed by atoms with E-state index in [1.165, 1.54) is 35.7 Å². The standard InChI is InChI=1S/C18H21FN2/c19-17-6-2-1-4-16(17)13-20-11-9-14-7-8-18-15(12-14)5-3-10-21-18/h1-2,4,6-8,12,20-21H,3,5,9-11,13H2. The van der Waals surface area contributed by atoms with E-state index in [0.717, 1.165) is 25.1 Å². The lowest BCUT2D eigenvalue weighted by molar-refractivity contribution is 0.588. The van der Waals surface area contributed by atoms with Crippen molar-refractivity contribution in [2.75, 3.05) is 18.4 Å². The zero-order chi connectivity index (χ0) is 14.5. The third kappa shape index (κ3) is 3.61. The van der Waals surface area contributed by atoms with Gasteiger partial charge in [-0.2, -0.15) is 0 Å². The maximum Gasteiger partial charge on any atom is 0.127 e. The summed E-state index contributed by atoms with van der Waals surface area (Å²) < 4.78 is 13.5. The number of nitrogens with one attached hydrogen (secondary N) is 2. The second-order valence-corrected chi connectivity index (χ2v) is 5.54. The molecule has 0 fully saturated rings. The molecule has 2 nitrogen and oxygen atoms in total. The molecule has 0 unspecified atom stereocenters. The second kappa shape index (κ2) is 6.72. The number of fused-ring (bicyclic) bond motifs is 1. The Morgan fingerprint density at radius 2 is 2.05 bits per heavy atom. The Hall–Kier alpha value is -1.87. The van der Waals surface area contributed by atoms with Gasteiger partial charge in [0.2, 0.25) is 0 Å². The average molecular weight is 284 g/mol. The van der Waals surface area contributed by atoms with Gasteiger partial charge in [-0.3, -0.25) is 0 Å². The fourth-order valence-corrected chi connectivity index (χ4v) is 2.78. The summed E-state index contributed by atoms with van der Waals surface area (Å²) in [5.74, 6) is -0.134. The Morgan fingerprint density at radius 3 is 2.95 bits per heavy atom. The molecule has 110 valence electrons. The lowest BCUT2D eigenvalue weighted by Gasteiger charge is -2.18. The first-order valence-corrected chi connectivity index (χ1v) is 7.63. The fourth-order valence-electron chi connectivity index (χ4n) is 2.78. The maximum atomic E-state index is 13.5. The molecule has 0 saturated carbocycles. The van der Waals surface area contributed by atoms with Crippen LogP contribution in [0.3, 0.4) is 0 Å². The highest BCUT2D eigenvalue weighted by molar-refractivity contribution is 5.54. The molecule has 2 aromatic rings. The minimum Gasteiger partial charge on any atom is -0.385 e. The van der Waals surface area contributed by atoms with Crippen molar-refractivity contribution >= 4 is 5.69 Å². The van der Waals surface area contributed by atoms with E-state index in [1.54, 1.807) is 6.07 Å². The van der Waals surface area contributed by atoms with Crippen LogP contribution in [-0.4, -0.2) is 13.1 Å². The average Bonchev–Trinajstić information content (AvgIpc) is 2.53. The Morgan fingerprint density at radius 1 is 1.14 bits per heavy atom. The number of hydrogen-bond acceptors (Lipinski definition) is 2. The van der Waals surface area contributed by atoms with Crippen molar-refractivity contribution in [1.82, 2.24) is 5.32 Å². The van der Waals surface area contributed by atoms with Crippen LogP contribution in [0.25, 0.3) is 0 Å². The molecule has 0 aliphatic carbocycles. The van der Waals surface area contributed by atoms with Gasteiger partial charge in [0.15, 0.2) is 0 Å². The SMILES string of the molecule is Fc1ccccc1CNCCc1ccc2c(c1)CCCN2. The summed E-state index contributed by atoms with van der Waals surface area (Å²) in [5, 5.41) is 6.74. The van der Waals surface area contributed by atoms with Crippen LogP contribution in [0.1, 0.15) is 23.1 Å². The van der Waals surface area contributed by atoms with Crippen LogP contribution >= 0.6 is 0 Å². The molecule has 1 aliphatic rings. The molecule has 2 aromatic carbocycles. The molecular formula is C18H21FN2. The van der Waals surface area contributed by atoms with Crippen LogP contribution in [0.4, 0.5) is 10.1 Å². The largest absolute Gasteiger partial charge is 0.385 e. The van der Waals surface area contributed by atoms with E-state index in [4.69, 9.17) is 0 Å². The highest BCUT2D eigenvalue weighted by Crippen LogP contribution is 2.22. The van der Waals surface area contributed by atoms with Crippen molar-refractivity contribution in [2.45, 2.75) is 25.8 Å². The van der Waals surface area contributed by atoms with Gasteiger partial charge < -0.3 is 10.6 Å². The van der Waals surface area contributed by atoms with Gasteiger partial charge in [0.1, 0.15) is 5.82 Å². The topological polar surface area (TPSA) is 24.1 Å². The van der Waals surface area contributed by atoms with Crippen LogP contribution < -0.4 is 10.6 Å². The van der Waals surface area contributed by atoms with Crippen molar-refractivity contribution in [3.05, 3.63) is 65.0 Å². The monoisotopic (exact) mass is 284 g/mol. The summed E-state index contributed by atoms with van der Waals surface area (Å²) in [6.07, 6.45) is 3.35. The molecule has 0 saturated heterocycles. The van der Waals surface area contributed by atoms with Crippen LogP contribution in [0.2, 0.25) is 0 Å². The van der Waals surface area contributed by atoms with Gasteiger partial charge in [-0.15, -0.1) is 0 Å². The van der Waals surface area contributed by atoms with Crippen molar-refractivity contribution in [3.8, 4) is 0 Å². The van der Waals surface area contributed by atoms with Gasteiger partial charge in [0.05, 0.1) is 0 Å². The highest BCUT2D eigenvalue weighted by Gasteiger charge is 2.08. The lowest BCUT2D eigenvalue weighted by Crippen LogP contribution is -2.18. The summed E-state index contributed by atoms with van der Waals surface area (Å²) in [7, 11) is 0. The Labute approximate surface area is 125 Å². The molecule has 21 heavy (non-hydrogen) atoms. The van der Waals surface area contributed by atoms with Gasteiger partial charge >= 0.3 is 0 Å². The molecule has 1 heterocycles. The molecule has 0 radical (unpaired) electrons. The quantitative estimate of drug-likeness (QED) is 0.821. The molecule has 0 atom stereocenters. The van der Waals surface area contributed by atoms with E-state index in [-0.39, 0.29) is 5.82 Å². The normalized spacial score (nSPS) is 13.6. The molecular weight excluding hydrogens is 263 g/mol. The first-order chi connectivity index (χ1) is 10.3. The zero-order valence-electron chi connectivity index (χ0n) is 12.2. The molecule has 0 amide bonds. The van der Waals surface area contributed by atoms with E-state index in [9.17, 15) is 4.39 Å². The second-order valence-electron chi connectivity index (χ2n) is 5.54.